The number of hydrogen-bond acceptors (Lipinski definition) is 6. The lowest BCUT2D eigenvalue weighted by molar-refractivity contribution is -0.143. The number of ether oxygens (including phenoxy) is 1. The van der Waals surface area contributed by atoms with Crippen LogP contribution >= 0.6 is 0 Å². The fraction of sp³-hybridized carbons (Fsp3) is 0.583. The zero-order valence-corrected chi connectivity index (χ0v) is 19.6. The molecule has 2 heterocycles. The van der Waals surface area contributed by atoms with Crippen molar-refractivity contribution in [2.24, 2.45) is 5.92 Å². The number of hydrogen-bond donors (Lipinski definition) is 2. The van der Waals surface area contributed by atoms with Gasteiger partial charge in [0, 0.05) is 32.2 Å². The predicted molar refractivity (Wildman–Crippen MR) is 123 cm³/mol. The third kappa shape index (κ3) is 6.23. The van der Waals surface area contributed by atoms with E-state index in [1.165, 1.54) is 5.56 Å². The van der Waals surface area contributed by atoms with Crippen molar-refractivity contribution >= 4 is 5.91 Å². The minimum absolute atomic E-state index is 0.0162. The highest BCUT2D eigenvalue weighted by molar-refractivity contribution is 5.84. The molecule has 0 bridgehead atoms. The van der Waals surface area contributed by atoms with Crippen molar-refractivity contribution in [2.45, 2.75) is 65.1 Å². The second-order valence-electron chi connectivity index (χ2n) is 9.14. The maximum absolute atomic E-state index is 12.6. The Kier molecular flexibility index (Phi) is 8.15. The lowest BCUT2D eigenvalue weighted by atomic mass is 9.97. The quantitative estimate of drug-likeness (QED) is 0.550. The third-order valence-corrected chi connectivity index (χ3v) is 5.99. The predicted octanol–water partition coefficient (Wildman–Crippen LogP) is 2.61. The van der Waals surface area contributed by atoms with Crippen molar-refractivity contribution in [3.63, 3.8) is 0 Å². The Balaban J connectivity index is 1.58. The molecule has 2 N–H and O–H groups in total. The van der Waals surface area contributed by atoms with E-state index in [1.54, 1.807) is 13.8 Å². The Bertz CT molecular complexity index is 944. The van der Waals surface area contributed by atoms with Gasteiger partial charge in [0.15, 0.2) is 0 Å². The number of carbonyl (C=O) groups excluding carboxylic acids is 1. The molecule has 174 valence electrons. The summed E-state index contributed by atoms with van der Waals surface area (Å²) in [7, 11) is 0. The van der Waals surface area contributed by atoms with Crippen LogP contribution in [0.2, 0.25) is 0 Å². The molecule has 8 nitrogen and oxygen atoms in total. The summed E-state index contributed by atoms with van der Waals surface area (Å²) in [6.07, 6.45) is 1.89. The molecule has 0 saturated carbocycles. The fourth-order valence-corrected chi connectivity index (χ4v) is 3.96. The Morgan fingerprint density at radius 2 is 2.00 bits per heavy atom. The highest BCUT2D eigenvalue weighted by atomic mass is 16.5. The van der Waals surface area contributed by atoms with Crippen LogP contribution in [0.3, 0.4) is 0 Å². The Labute approximate surface area is 189 Å². The molecule has 0 spiro atoms. The van der Waals surface area contributed by atoms with Crippen LogP contribution in [0.25, 0.3) is 0 Å². The smallest absolute Gasteiger partial charge is 0.274 e. The second kappa shape index (κ2) is 10.8. The maximum Gasteiger partial charge on any atom is 0.274 e. The zero-order chi connectivity index (χ0) is 23.1. The number of unbranched alkanes of at least 4 members (excludes halogenated alkanes) is 1. The van der Waals surface area contributed by atoms with Gasteiger partial charge in [0.25, 0.3) is 11.5 Å². The number of likely N-dealkylation sites (tertiary alicyclic amines) is 1. The molecular weight excluding hydrogens is 406 g/mol. The van der Waals surface area contributed by atoms with Crippen LogP contribution in [-0.2, 0) is 22.6 Å². The Morgan fingerprint density at radius 3 is 2.69 bits per heavy atom. The van der Waals surface area contributed by atoms with E-state index >= 15 is 0 Å². The van der Waals surface area contributed by atoms with E-state index in [2.05, 4.69) is 51.4 Å². The summed E-state index contributed by atoms with van der Waals surface area (Å²) in [6.45, 7) is 10.9. The standard InChI is InChI=1S/C24H35N5O3/c1-5-6-12-32-24(3,4)23(31)25-13-20-22(30)26-21(28-27-20)19-16-29(14-17(19)2)15-18-10-8-7-9-11-18/h7-11,17,19H,5-6,12-16H2,1-4H3,(H,25,31)(H,26,28,30). The van der Waals surface area contributed by atoms with E-state index in [0.29, 0.717) is 18.3 Å². The van der Waals surface area contributed by atoms with E-state index in [1.807, 2.05) is 18.2 Å². The molecule has 1 amide bonds. The molecule has 2 atom stereocenters. The lowest BCUT2D eigenvalue weighted by Crippen LogP contribution is -2.45. The maximum atomic E-state index is 12.6. The molecule has 1 fully saturated rings. The van der Waals surface area contributed by atoms with Crippen molar-refractivity contribution in [1.82, 2.24) is 25.4 Å². The first kappa shape index (κ1) is 24.1. The largest absolute Gasteiger partial charge is 0.366 e. The average Bonchev–Trinajstić information content (AvgIpc) is 3.13. The van der Waals surface area contributed by atoms with Gasteiger partial charge in [0.1, 0.15) is 17.1 Å². The zero-order valence-electron chi connectivity index (χ0n) is 19.6. The molecule has 1 aliphatic rings. The first-order valence-electron chi connectivity index (χ1n) is 11.4. The van der Waals surface area contributed by atoms with Gasteiger partial charge < -0.3 is 15.0 Å². The minimum atomic E-state index is -0.962. The number of carbonyl (C=O) groups is 1. The summed E-state index contributed by atoms with van der Waals surface area (Å²) in [4.78, 5) is 30.3. The van der Waals surface area contributed by atoms with Gasteiger partial charge in [-0.05, 0) is 31.7 Å². The van der Waals surface area contributed by atoms with Crippen molar-refractivity contribution in [2.75, 3.05) is 19.7 Å². The molecule has 0 radical (unpaired) electrons. The molecule has 1 aromatic heterocycles. The first-order chi connectivity index (χ1) is 15.3. The van der Waals surface area contributed by atoms with Crippen LogP contribution in [0.4, 0.5) is 0 Å². The van der Waals surface area contributed by atoms with Crippen LogP contribution in [0.15, 0.2) is 35.1 Å². The molecule has 1 saturated heterocycles. The van der Waals surface area contributed by atoms with Gasteiger partial charge in [-0.2, -0.15) is 0 Å². The molecule has 1 aromatic carbocycles. The van der Waals surface area contributed by atoms with Gasteiger partial charge in [-0.15, -0.1) is 10.2 Å². The number of nitrogens with one attached hydrogen (secondary N) is 2. The highest BCUT2D eigenvalue weighted by Gasteiger charge is 2.33. The summed E-state index contributed by atoms with van der Waals surface area (Å²) >= 11 is 0. The molecule has 0 aliphatic carbocycles. The normalized spacial score (nSPS) is 19.2. The van der Waals surface area contributed by atoms with Crippen LogP contribution in [-0.4, -0.2) is 51.3 Å². The third-order valence-electron chi connectivity index (χ3n) is 5.99. The van der Waals surface area contributed by atoms with Gasteiger partial charge in [-0.3, -0.25) is 14.5 Å². The SMILES string of the molecule is CCCCOC(C)(C)C(=O)NCc1nnc(C2CN(Cc3ccccc3)CC2C)[nH]c1=O. The van der Waals surface area contributed by atoms with Gasteiger partial charge in [-0.25, -0.2) is 0 Å². The van der Waals surface area contributed by atoms with Crippen LogP contribution in [0.5, 0.6) is 0 Å². The number of benzene rings is 1. The lowest BCUT2D eigenvalue weighted by Gasteiger charge is -2.24. The van der Waals surface area contributed by atoms with E-state index in [-0.39, 0.29) is 29.6 Å². The summed E-state index contributed by atoms with van der Waals surface area (Å²) in [5.41, 5.74) is 0.191. The minimum Gasteiger partial charge on any atom is -0.366 e. The number of aromatic nitrogens is 3. The Morgan fingerprint density at radius 1 is 1.25 bits per heavy atom. The molecule has 1 aliphatic heterocycles. The summed E-state index contributed by atoms with van der Waals surface area (Å²) in [5.74, 6) is 0.806. The van der Waals surface area contributed by atoms with Crippen molar-refractivity contribution in [3.8, 4) is 0 Å². The number of amides is 1. The van der Waals surface area contributed by atoms with E-state index in [0.717, 1.165) is 32.5 Å². The molecule has 32 heavy (non-hydrogen) atoms. The molecule has 2 unspecified atom stereocenters. The van der Waals surface area contributed by atoms with Crippen LogP contribution in [0, 0.1) is 5.92 Å². The van der Waals surface area contributed by atoms with Gasteiger partial charge >= 0.3 is 0 Å². The molecule has 2 aromatic rings. The highest BCUT2D eigenvalue weighted by Crippen LogP contribution is 2.30. The van der Waals surface area contributed by atoms with Crippen molar-refractivity contribution < 1.29 is 9.53 Å². The molecule has 3 rings (SSSR count). The summed E-state index contributed by atoms with van der Waals surface area (Å²) in [5, 5.41) is 11.2. The Hall–Kier alpha value is -2.58. The fourth-order valence-electron chi connectivity index (χ4n) is 3.96. The van der Waals surface area contributed by atoms with E-state index in [4.69, 9.17) is 4.74 Å². The van der Waals surface area contributed by atoms with Crippen LogP contribution in [0.1, 0.15) is 63.5 Å². The molecule has 8 heteroatoms. The van der Waals surface area contributed by atoms with Gasteiger partial charge in [0.05, 0.1) is 6.54 Å². The topological polar surface area (TPSA) is 100 Å². The van der Waals surface area contributed by atoms with E-state index in [9.17, 15) is 9.59 Å². The average molecular weight is 442 g/mol. The summed E-state index contributed by atoms with van der Waals surface area (Å²) < 4.78 is 5.66. The number of rotatable bonds is 10. The number of aromatic amines is 1. The second-order valence-corrected chi connectivity index (χ2v) is 9.14. The van der Waals surface area contributed by atoms with Gasteiger partial charge in [-0.1, -0.05) is 50.6 Å². The number of nitrogens with zero attached hydrogens (tertiary/aromatic N) is 3. The monoisotopic (exact) mass is 441 g/mol. The first-order valence-corrected chi connectivity index (χ1v) is 11.4. The van der Waals surface area contributed by atoms with Crippen molar-refractivity contribution in [1.29, 1.82) is 0 Å². The van der Waals surface area contributed by atoms with Crippen molar-refractivity contribution in [3.05, 3.63) is 57.8 Å². The van der Waals surface area contributed by atoms with Crippen LogP contribution < -0.4 is 10.9 Å². The van der Waals surface area contributed by atoms with Gasteiger partial charge in [0.2, 0.25) is 0 Å². The summed E-state index contributed by atoms with van der Waals surface area (Å²) in [6, 6.07) is 10.4. The number of H-pyrrole nitrogens is 1. The molecular formula is C24H35N5O3. The van der Waals surface area contributed by atoms with E-state index < -0.39 is 5.60 Å².